The molecule has 2 saturated heterocycles. The first kappa shape index (κ1) is 15.7. The van der Waals surface area contributed by atoms with Gasteiger partial charge >= 0.3 is 0 Å². The molecule has 1 amide bonds. The molecule has 2 fully saturated rings. The normalized spacial score (nSPS) is 25.4. The van der Waals surface area contributed by atoms with Gasteiger partial charge in [0.1, 0.15) is 0 Å². The van der Waals surface area contributed by atoms with Crippen LogP contribution in [-0.4, -0.2) is 85.0 Å². The second kappa shape index (κ2) is 7.38. The molecule has 0 aliphatic carbocycles. The molecule has 2 rings (SSSR count). The van der Waals surface area contributed by atoms with Crippen LogP contribution in [0.3, 0.4) is 0 Å². The standard InChI is InChI=1S/C15H30N4O/c1-4-13(2)17-9-11-18(12-10-17)14(3)15(20)19-7-5-16-6-8-19/h13-14,16H,4-12H2,1-3H3. The number of hydrogen-bond acceptors (Lipinski definition) is 4. The molecule has 0 spiro atoms. The second-order valence-corrected chi connectivity index (χ2v) is 6.08. The van der Waals surface area contributed by atoms with Gasteiger partial charge in [0.15, 0.2) is 0 Å². The quantitative estimate of drug-likeness (QED) is 0.801. The molecule has 2 aliphatic rings. The predicted octanol–water partition coefficient (Wildman–Crippen LogP) is 0.223. The van der Waals surface area contributed by atoms with Gasteiger partial charge in [0.05, 0.1) is 6.04 Å². The molecule has 0 aromatic heterocycles. The minimum absolute atomic E-state index is 0.0344. The first-order chi connectivity index (χ1) is 9.63. The molecule has 2 unspecified atom stereocenters. The minimum atomic E-state index is 0.0344. The Balaban J connectivity index is 1.81. The van der Waals surface area contributed by atoms with E-state index < -0.39 is 0 Å². The van der Waals surface area contributed by atoms with Gasteiger partial charge in [-0.2, -0.15) is 0 Å². The number of carbonyl (C=O) groups is 1. The maximum absolute atomic E-state index is 12.5. The van der Waals surface area contributed by atoms with Crippen molar-refractivity contribution in [1.82, 2.24) is 20.0 Å². The van der Waals surface area contributed by atoms with Gasteiger partial charge in [-0.1, -0.05) is 6.92 Å². The summed E-state index contributed by atoms with van der Waals surface area (Å²) in [7, 11) is 0. The van der Waals surface area contributed by atoms with E-state index >= 15 is 0 Å². The van der Waals surface area contributed by atoms with Crippen molar-refractivity contribution in [1.29, 1.82) is 0 Å². The number of carbonyl (C=O) groups excluding carboxylic acids is 1. The SMILES string of the molecule is CCC(C)N1CCN(C(C)C(=O)N2CCNCC2)CC1. The van der Waals surface area contributed by atoms with Crippen molar-refractivity contribution in [3.63, 3.8) is 0 Å². The van der Waals surface area contributed by atoms with Crippen LogP contribution in [0.4, 0.5) is 0 Å². The highest BCUT2D eigenvalue weighted by Gasteiger charge is 2.29. The minimum Gasteiger partial charge on any atom is -0.339 e. The first-order valence-electron chi connectivity index (χ1n) is 8.11. The number of rotatable bonds is 4. The van der Waals surface area contributed by atoms with Crippen LogP contribution in [0.15, 0.2) is 0 Å². The van der Waals surface area contributed by atoms with Crippen molar-refractivity contribution in [2.75, 3.05) is 52.4 Å². The van der Waals surface area contributed by atoms with Crippen LogP contribution in [0.1, 0.15) is 27.2 Å². The topological polar surface area (TPSA) is 38.8 Å². The van der Waals surface area contributed by atoms with Gasteiger partial charge < -0.3 is 10.2 Å². The third-order valence-electron chi connectivity index (χ3n) is 4.90. The van der Waals surface area contributed by atoms with E-state index in [0.29, 0.717) is 11.9 Å². The number of hydrogen-bond donors (Lipinski definition) is 1. The molecule has 5 nitrogen and oxygen atoms in total. The van der Waals surface area contributed by atoms with Gasteiger partial charge in [0.2, 0.25) is 5.91 Å². The Hall–Kier alpha value is -0.650. The van der Waals surface area contributed by atoms with Crippen molar-refractivity contribution in [2.24, 2.45) is 0 Å². The molecule has 0 radical (unpaired) electrons. The number of amides is 1. The van der Waals surface area contributed by atoms with Gasteiger partial charge in [0.25, 0.3) is 0 Å². The molecule has 2 atom stereocenters. The number of nitrogens with one attached hydrogen (secondary N) is 1. The van der Waals surface area contributed by atoms with Gasteiger partial charge in [-0.3, -0.25) is 14.6 Å². The molecule has 1 N–H and O–H groups in total. The Morgan fingerprint density at radius 1 is 1.00 bits per heavy atom. The van der Waals surface area contributed by atoms with Crippen molar-refractivity contribution in [3.8, 4) is 0 Å². The van der Waals surface area contributed by atoms with E-state index in [4.69, 9.17) is 0 Å². The van der Waals surface area contributed by atoms with Crippen LogP contribution in [0.2, 0.25) is 0 Å². The third kappa shape index (κ3) is 3.71. The van der Waals surface area contributed by atoms with E-state index in [0.717, 1.165) is 52.4 Å². The van der Waals surface area contributed by atoms with Gasteiger partial charge in [-0.15, -0.1) is 0 Å². The summed E-state index contributed by atoms with van der Waals surface area (Å²) >= 11 is 0. The molecular weight excluding hydrogens is 252 g/mol. The molecule has 2 heterocycles. The Morgan fingerprint density at radius 3 is 2.10 bits per heavy atom. The Bertz CT molecular complexity index is 309. The average Bonchev–Trinajstić information content (AvgIpc) is 2.53. The predicted molar refractivity (Wildman–Crippen MR) is 81.8 cm³/mol. The summed E-state index contributed by atoms with van der Waals surface area (Å²) in [6, 6.07) is 0.698. The fourth-order valence-corrected chi connectivity index (χ4v) is 3.13. The zero-order valence-electron chi connectivity index (χ0n) is 13.3. The van der Waals surface area contributed by atoms with Gasteiger partial charge in [-0.05, 0) is 20.3 Å². The van der Waals surface area contributed by atoms with E-state index in [1.807, 2.05) is 4.90 Å². The summed E-state index contributed by atoms with van der Waals surface area (Å²) in [6.45, 7) is 14.4. The molecule has 2 aliphatic heterocycles. The smallest absolute Gasteiger partial charge is 0.239 e. The summed E-state index contributed by atoms with van der Waals surface area (Å²) < 4.78 is 0. The van der Waals surface area contributed by atoms with E-state index in [-0.39, 0.29) is 6.04 Å². The van der Waals surface area contributed by atoms with Crippen LogP contribution in [0.5, 0.6) is 0 Å². The average molecular weight is 282 g/mol. The van der Waals surface area contributed by atoms with E-state index in [2.05, 4.69) is 35.9 Å². The maximum atomic E-state index is 12.5. The summed E-state index contributed by atoms with van der Waals surface area (Å²) in [5.41, 5.74) is 0. The van der Waals surface area contributed by atoms with Crippen LogP contribution < -0.4 is 5.32 Å². The lowest BCUT2D eigenvalue weighted by atomic mass is 10.1. The zero-order chi connectivity index (χ0) is 14.5. The van der Waals surface area contributed by atoms with Crippen molar-refractivity contribution in [3.05, 3.63) is 0 Å². The van der Waals surface area contributed by atoms with Crippen LogP contribution in [0.25, 0.3) is 0 Å². The number of nitrogens with zero attached hydrogens (tertiary/aromatic N) is 3. The Morgan fingerprint density at radius 2 is 1.55 bits per heavy atom. The molecule has 116 valence electrons. The summed E-state index contributed by atoms with van der Waals surface area (Å²) in [5, 5.41) is 3.30. The second-order valence-electron chi connectivity index (χ2n) is 6.08. The maximum Gasteiger partial charge on any atom is 0.239 e. The molecule has 0 aromatic carbocycles. The monoisotopic (exact) mass is 282 g/mol. The zero-order valence-corrected chi connectivity index (χ0v) is 13.3. The molecule has 0 aromatic rings. The van der Waals surface area contributed by atoms with Crippen LogP contribution in [-0.2, 0) is 4.79 Å². The van der Waals surface area contributed by atoms with E-state index in [1.165, 1.54) is 6.42 Å². The highest BCUT2D eigenvalue weighted by Crippen LogP contribution is 2.12. The molecule has 5 heteroatoms. The summed E-state index contributed by atoms with van der Waals surface area (Å²) in [5.74, 6) is 0.309. The Labute approximate surface area is 123 Å². The van der Waals surface area contributed by atoms with Crippen molar-refractivity contribution in [2.45, 2.75) is 39.3 Å². The largest absolute Gasteiger partial charge is 0.339 e. The molecule has 0 saturated carbocycles. The fourth-order valence-electron chi connectivity index (χ4n) is 3.13. The molecular formula is C15H30N4O. The van der Waals surface area contributed by atoms with E-state index in [9.17, 15) is 4.79 Å². The van der Waals surface area contributed by atoms with Crippen molar-refractivity contribution >= 4 is 5.91 Å². The van der Waals surface area contributed by atoms with Crippen LogP contribution >= 0.6 is 0 Å². The van der Waals surface area contributed by atoms with Crippen molar-refractivity contribution < 1.29 is 4.79 Å². The molecule has 20 heavy (non-hydrogen) atoms. The first-order valence-corrected chi connectivity index (χ1v) is 8.11. The number of piperazine rings is 2. The Kier molecular flexibility index (Phi) is 5.81. The third-order valence-corrected chi connectivity index (χ3v) is 4.90. The van der Waals surface area contributed by atoms with Gasteiger partial charge in [-0.25, -0.2) is 0 Å². The summed E-state index contributed by atoms with van der Waals surface area (Å²) in [6.07, 6.45) is 1.20. The van der Waals surface area contributed by atoms with Crippen LogP contribution in [0, 0.1) is 0 Å². The lowest BCUT2D eigenvalue weighted by Crippen LogP contribution is -2.57. The summed E-state index contributed by atoms with van der Waals surface area (Å²) in [4.78, 5) is 19.4. The lowest BCUT2D eigenvalue weighted by Gasteiger charge is -2.41. The van der Waals surface area contributed by atoms with E-state index in [1.54, 1.807) is 0 Å². The fraction of sp³-hybridized carbons (Fsp3) is 0.933. The highest BCUT2D eigenvalue weighted by molar-refractivity contribution is 5.81. The van der Waals surface area contributed by atoms with Gasteiger partial charge in [0, 0.05) is 58.4 Å². The molecule has 0 bridgehead atoms. The lowest BCUT2D eigenvalue weighted by molar-refractivity contribution is -0.137. The highest BCUT2D eigenvalue weighted by atomic mass is 16.2.